The van der Waals surface area contributed by atoms with Crippen LogP contribution in [-0.4, -0.2) is 21.9 Å². The average Bonchev–Trinajstić information content (AvgIpc) is 2.78. The van der Waals surface area contributed by atoms with Crippen LogP contribution >= 0.6 is 0 Å². The summed E-state index contributed by atoms with van der Waals surface area (Å²) < 4.78 is 7.29. The van der Waals surface area contributed by atoms with Crippen LogP contribution in [0.5, 0.6) is 5.75 Å². The summed E-state index contributed by atoms with van der Waals surface area (Å²) in [4.78, 5) is 4.05. The zero-order valence-electron chi connectivity index (χ0n) is 11.6. The number of aromatic nitrogens is 3. The van der Waals surface area contributed by atoms with Gasteiger partial charge in [-0.1, -0.05) is 0 Å². The second kappa shape index (κ2) is 5.84. The summed E-state index contributed by atoms with van der Waals surface area (Å²) in [5, 5.41) is 4.44. The van der Waals surface area contributed by atoms with Gasteiger partial charge in [-0.05, 0) is 26.0 Å². The fourth-order valence-electron chi connectivity index (χ4n) is 2.24. The van der Waals surface area contributed by atoms with Crippen LogP contribution in [0.25, 0.3) is 0 Å². The lowest BCUT2D eigenvalue weighted by molar-refractivity contribution is 0.403. The molecule has 0 aliphatic heterocycles. The van der Waals surface area contributed by atoms with E-state index in [1.165, 1.54) is 0 Å². The number of nitrogens with two attached hydrogens (primary N) is 1. The summed E-state index contributed by atoms with van der Waals surface area (Å²) in [6, 6.07) is 3.86. The van der Waals surface area contributed by atoms with Crippen molar-refractivity contribution in [3.05, 3.63) is 41.5 Å². The smallest absolute Gasteiger partial charge is 0.141 e. The van der Waals surface area contributed by atoms with Gasteiger partial charge in [0.05, 0.1) is 19.0 Å². The zero-order chi connectivity index (χ0) is 13.8. The molecular weight excluding hydrogens is 240 g/mol. The van der Waals surface area contributed by atoms with Gasteiger partial charge in [0.2, 0.25) is 0 Å². The lowest BCUT2D eigenvalue weighted by atomic mass is 10.0. The molecule has 0 saturated carbocycles. The Morgan fingerprint density at radius 2 is 2.26 bits per heavy atom. The number of pyridine rings is 1. The number of aryl methyl sites for hydroxylation is 2. The first kappa shape index (κ1) is 13.5. The molecule has 0 saturated heterocycles. The van der Waals surface area contributed by atoms with E-state index in [4.69, 9.17) is 10.5 Å². The van der Waals surface area contributed by atoms with Crippen LogP contribution in [0.15, 0.2) is 24.5 Å². The van der Waals surface area contributed by atoms with E-state index in [2.05, 4.69) is 23.1 Å². The molecule has 19 heavy (non-hydrogen) atoms. The second-order valence-corrected chi connectivity index (χ2v) is 4.52. The Morgan fingerprint density at radius 1 is 1.47 bits per heavy atom. The quantitative estimate of drug-likeness (QED) is 0.891. The molecule has 0 fully saturated rings. The minimum absolute atomic E-state index is 0.126. The molecule has 0 radical (unpaired) electrons. The largest absolute Gasteiger partial charge is 0.495 e. The van der Waals surface area contributed by atoms with Crippen LogP contribution in [0.1, 0.15) is 29.9 Å². The zero-order valence-corrected chi connectivity index (χ0v) is 11.6. The van der Waals surface area contributed by atoms with Gasteiger partial charge in [-0.15, -0.1) is 0 Å². The van der Waals surface area contributed by atoms with Gasteiger partial charge in [0.1, 0.15) is 5.75 Å². The first-order valence-corrected chi connectivity index (χ1v) is 6.42. The molecule has 5 heteroatoms. The first-order chi connectivity index (χ1) is 9.15. The maximum Gasteiger partial charge on any atom is 0.141 e. The Balaban J connectivity index is 2.22. The molecule has 5 nitrogen and oxygen atoms in total. The third-order valence-corrected chi connectivity index (χ3v) is 3.15. The van der Waals surface area contributed by atoms with Crippen LogP contribution < -0.4 is 10.5 Å². The van der Waals surface area contributed by atoms with E-state index in [1.54, 1.807) is 19.5 Å². The number of hydrogen-bond donors (Lipinski definition) is 1. The summed E-state index contributed by atoms with van der Waals surface area (Å²) in [5.41, 5.74) is 9.42. The van der Waals surface area contributed by atoms with Gasteiger partial charge in [-0.25, -0.2) is 0 Å². The molecule has 0 amide bonds. The highest BCUT2D eigenvalue weighted by Crippen LogP contribution is 2.24. The third kappa shape index (κ3) is 2.93. The van der Waals surface area contributed by atoms with E-state index in [1.807, 2.05) is 17.7 Å². The molecule has 2 N–H and O–H groups in total. The molecule has 0 spiro atoms. The Labute approximate surface area is 113 Å². The summed E-state index contributed by atoms with van der Waals surface area (Å²) in [7, 11) is 1.63. The van der Waals surface area contributed by atoms with E-state index < -0.39 is 0 Å². The highest BCUT2D eigenvalue weighted by molar-refractivity contribution is 5.33. The number of methoxy groups -OCH3 is 1. The van der Waals surface area contributed by atoms with Crippen molar-refractivity contribution in [3.63, 3.8) is 0 Å². The highest BCUT2D eigenvalue weighted by atomic mass is 16.5. The molecule has 0 aliphatic rings. The minimum Gasteiger partial charge on any atom is -0.495 e. The molecule has 2 aromatic rings. The molecule has 102 valence electrons. The van der Waals surface area contributed by atoms with Gasteiger partial charge >= 0.3 is 0 Å². The summed E-state index contributed by atoms with van der Waals surface area (Å²) in [5.74, 6) is 0.731. The van der Waals surface area contributed by atoms with Crippen LogP contribution in [0.4, 0.5) is 0 Å². The van der Waals surface area contributed by atoms with Crippen LogP contribution in [0, 0.1) is 6.92 Å². The highest BCUT2D eigenvalue weighted by Gasteiger charge is 2.15. The minimum atomic E-state index is -0.126. The molecular formula is C14H20N4O. The van der Waals surface area contributed by atoms with Gasteiger partial charge in [0.15, 0.2) is 0 Å². The van der Waals surface area contributed by atoms with Crippen molar-refractivity contribution in [1.82, 2.24) is 14.8 Å². The Morgan fingerprint density at radius 3 is 2.95 bits per heavy atom. The van der Waals surface area contributed by atoms with Crippen molar-refractivity contribution in [2.75, 3.05) is 7.11 Å². The van der Waals surface area contributed by atoms with Gasteiger partial charge in [-0.2, -0.15) is 5.10 Å². The normalized spacial score (nSPS) is 12.4. The molecule has 0 aliphatic carbocycles. The van der Waals surface area contributed by atoms with Crippen molar-refractivity contribution >= 4 is 0 Å². The number of rotatable bonds is 5. The SMILES string of the molecule is CCn1nc(C)cc1CC(N)c1ccncc1OC. The van der Waals surface area contributed by atoms with E-state index in [0.29, 0.717) is 0 Å². The van der Waals surface area contributed by atoms with Gasteiger partial charge in [-0.3, -0.25) is 9.67 Å². The number of nitrogens with zero attached hydrogens (tertiary/aromatic N) is 3. The molecule has 1 atom stereocenters. The van der Waals surface area contributed by atoms with Crippen LogP contribution in [0.2, 0.25) is 0 Å². The van der Waals surface area contributed by atoms with Gasteiger partial charge in [0.25, 0.3) is 0 Å². The van der Waals surface area contributed by atoms with Crippen molar-refractivity contribution < 1.29 is 4.74 Å². The lowest BCUT2D eigenvalue weighted by Crippen LogP contribution is -2.17. The summed E-state index contributed by atoms with van der Waals surface area (Å²) >= 11 is 0. The maximum absolute atomic E-state index is 6.29. The van der Waals surface area contributed by atoms with Crippen molar-refractivity contribution in [3.8, 4) is 5.75 Å². The second-order valence-electron chi connectivity index (χ2n) is 4.52. The number of ether oxygens (including phenoxy) is 1. The first-order valence-electron chi connectivity index (χ1n) is 6.42. The topological polar surface area (TPSA) is 66.0 Å². The maximum atomic E-state index is 6.29. The standard InChI is InChI=1S/C14H20N4O/c1-4-18-11(7-10(2)17-18)8-13(15)12-5-6-16-9-14(12)19-3/h5-7,9,13H,4,8,15H2,1-3H3. The van der Waals surface area contributed by atoms with Crippen molar-refractivity contribution in [2.45, 2.75) is 32.9 Å². The molecule has 2 heterocycles. The fraction of sp³-hybridized carbons (Fsp3) is 0.429. The lowest BCUT2D eigenvalue weighted by Gasteiger charge is -2.15. The van der Waals surface area contributed by atoms with E-state index in [0.717, 1.165) is 35.7 Å². The Kier molecular flexibility index (Phi) is 4.16. The van der Waals surface area contributed by atoms with Crippen molar-refractivity contribution in [1.29, 1.82) is 0 Å². The van der Waals surface area contributed by atoms with Gasteiger partial charge < -0.3 is 10.5 Å². The summed E-state index contributed by atoms with van der Waals surface area (Å²) in [6.45, 7) is 4.92. The van der Waals surface area contributed by atoms with E-state index in [-0.39, 0.29) is 6.04 Å². The predicted molar refractivity (Wildman–Crippen MR) is 74.1 cm³/mol. The Bertz CT molecular complexity index is 550. The average molecular weight is 260 g/mol. The van der Waals surface area contributed by atoms with Crippen LogP contribution in [0.3, 0.4) is 0 Å². The monoisotopic (exact) mass is 260 g/mol. The van der Waals surface area contributed by atoms with Crippen molar-refractivity contribution in [2.24, 2.45) is 5.73 Å². The summed E-state index contributed by atoms with van der Waals surface area (Å²) in [6.07, 6.45) is 4.16. The predicted octanol–water partition coefficient (Wildman–Crippen LogP) is 1.86. The molecule has 1 unspecified atom stereocenters. The fourth-order valence-corrected chi connectivity index (χ4v) is 2.24. The third-order valence-electron chi connectivity index (χ3n) is 3.15. The van der Waals surface area contributed by atoms with Crippen LogP contribution in [-0.2, 0) is 13.0 Å². The van der Waals surface area contributed by atoms with E-state index in [9.17, 15) is 0 Å². The van der Waals surface area contributed by atoms with E-state index >= 15 is 0 Å². The number of hydrogen-bond acceptors (Lipinski definition) is 4. The molecule has 2 rings (SSSR count). The molecule has 0 aromatic carbocycles. The van der Waals surface area contributed by atoms with Gasteiger partial charge in [0, 0.05) is 36.5 Å². The molecule has 0 bridgehead atoms. The molecule has 2 aromatic heterocycles. The Hall–Kier alpha value is -1.88.